The number of carbonyl (C=O) groups excluding carboxylic acids is 1. The molecule has 4 heteroatoms. The van der Waals surface area contributed by atoms with Gasteiger partial charge in [-0.25, -0.2) is 0 Å². The molecule has 0 amide bonds. The van der Waals surface area contributed by atoms with Crippen molar-refractivity contribution in [2.75, 3.05) is 13.2 Å². The molecule has 2 aromatic carbocycles. The van der Waals surface area contributed by atoms with Crippen LogP contribution in [-0.4, -0.2) is 30.1 Å². The highest BCUT2D eigenvalue weighted by Gasteiger charge is 2.38. The van der Waals surface area contributed by atoms with Crippen molar-refractivity contribution >= 4 is 5.78 Å². The van der Waals surface area contributed by atoms with E-state index in [-0.39, 0.29) is 17.9 Å². The third-order valence-electron chi connectivity index (χ3n) is 4.89. The molecule has 132 valence electrons. The molecule has 2 N–H and O–H groups in total. The van der Waals surface area contributed by atoms with Gasteiger partial charge in [0.2, 0.25) is 0 Å². The van der Waals surface area contributed by atoms with E-state index in [4.69, 9.17) is 4.74 Å². The van der Waals surface area contributed by atoms with Crippen molar-refractivity contribution in [3.8, 4) is 5.75 Å². The first kappa shape index (κ1) is 17.6. The van der Waals surface area contributed by atoms with Crippen LogP contribution in [0.4, 0.5) is 0 Å². The lowest BCUT2D eigenvalue weighted by atomic mass is 9.72. The Kier molecular flexibility index (Phi) is 5.51. The molecule has 25 heavy (non-hydrogen) atoms. The fourth-order valence-corrected chi connectivity index (χ4v) is 3.22. The fourth-order valence-electron chi connectivity index (χ4n) is 3.22. The minimum atomic E-state index is -0.609. The maximum absolute atomic E-state index is 11.4. The van der Waals surface area contributed by atoms with Crippen molar-refractivity contribution in [1.82, 2.24) is 5.32 Å². The summed E-state index contributed by atoms with van der Waals surface area (Å²) in [5.74, 6) is 0.607. The van der Waals surface area contributed by atoms with Crippen molar-refractivity contribution < 1.29 is 14.6 Å². The Labute approximate surface area is 148 Å². The Morgan fingerprint density at radius 3 is 2.60 bits per heavy atom. The lowest BCUT2D eigenvalue weighted by Gasteiger charge is -2.44. The van der Waals surface area contributed by atoms with Crippen molar-refractivity contribution in [2.45, 2.75) is 37.8 Å². The Morgan fingerprint density at radius 2 is 1.96 bits per heavy atom. The predicted octanol–water partition coefficient (Wildman–Crippen LogP) is 3.30. The van der Waals surface area contributed by atoms with Crippen molar-refractivity contribution in [3.05, 3.63) is 65.7 Å². The summed E-state index contributed by atoms with van der Waals surface area (Å²) in [6, 6.07) is 17.5. The molecule has 0 spiro atoms. The Hall–Kier alpha value is -2.17. The molecular formula is C21H25NO3. The average molecular weight is 339 g/mol. The number of rotatable bonds is 8. The van der Waals surface area contributed by atoms with E-state index in [1.165, 1.54) is 18.9 Å². The molecule has 1 aliphatic rings. The van der Waals surface area contributed by atoms with Gasteiger partial charge in [-0.15, -0.1) is 0 Å². The molecule has 0 aliphatic heterocycles. The van der Waals surface area contributed by atoms with Gasteiger partial charge in [0, 0.05) is 17.6 Å². The van der Waals surface area contributed by atoms with E-state index in [0.29, 0.717) is 17.9 Å². The van der Waals surface area contributed by atoms with Gasteiger partial charge in [0.15, 0.2) is 5.78 Å². The van der Waals surface area contributed by atoms with Crippen molar-refractivity contribution in [1.29, 1.82) is 0 Å². The molecule has 0 saturated heterocycles. The number of carbonyl (C=O) groups is 1. The molecule has 0 radical (unpaired) electrons. The lowest BCUT2D eigenvalue weighted by Crippen LogP contribution is -2.51. The number of benzene rings is 2. The average Bonchev–Trinajstić information content (AvgIpc) is 2.60. The molecule has 4 nitrogen and oxygen atoms in total. The van der Waals surface area contributed by atoms with Crippen LogP contribution in [0.5, 0.6) is 5.75 Å². The van der Waals surface area contributed by atoms with Gasteiger partial charge in [0.1, 0.15) is 18.5 Å². The molecule has 1 fully saturated rings. The second-order valence-electron chi connectivity index (χ2n) is 6.73. The molecule has 3 rings (SSSR count). The van der Waals surface area contributed by atoms with Crippen LogP contribution >= 0.6 is 0 Å². The molecule has 2 aromatic rings. The highest BCUT2D eigenvalue weighted by molar-refractivity contribution is 5.94. The Bertz CT molecular complexity index is 710. The molecule has 0 bridgehead atoms. The molecule has 1 unspecified atom stereocenters. The van der Waals surface area contributed by atoms with E-state index in [1.54, 1.807) is 24.3 Å². The summed E-state index contributed by atoms with van der Waals surface area (Å²) >= 11 is 0. The van der Waals surface area contributed by atoms with Gasteiger partial charge in [0.05, 0.1) is 0 Å². The summed E-state index contributed by atoms with van der Waals surface area (Å²) in [6.07, 6.45) is 2.77. The summed E-state index contributed by atoms with van der Waals surface area (Å²) in [7, 11) is 0. The topological polar surface area (TPSA) is 58.6 Å². The second kappa shape index (κ2) is 7.81. The predicted molar refractivity (Wildman–Crippen MR) is 97.9 cm³/mol. The van der Waals surface area contributed by atoms with Gasteiger partial charge in [-0.2, -0.15) is 0 Å². The summed E-state index contributed by atoms with van der Waals surface area (Å²) in [5.41, 5.74) is 1.88. The van der Waals surface area contributed by atoms with E-state index in [1.807, 2.05) is 6.07 Å². The normalized spacial score (nSPS) is 16.7. The van der Waals surface area contributed by atoms with Gasteiger partial charge < -0.3 is 15.2 Å². The van der Waals surface area contributed by atoms with Crippen LogP contribution < -0.4 is 10.1 Å². The van der Waals surface area contributed by atoms with Gasteiger partial charge in [0.25, 0.3) is 0 Å². The zero-order valence-electron chi connectivity index (χ0n) is 14.6. The molecule has 1 atom stereocenters. The third-order valence-corrected chi connectivity index (χ3v) is 4.89. The van der Waals surface area contributed by atoms with Crippen LogP contribution in [0, 0.1) is 0 Å². The van der Waals surface area contributed by atoms with Crippen LogP contribution in [0.2, 0.25) is 0 Å². The number of aliphatic hydroxyl groups excluding tert-OH is 1. The minimum absolute atomic E-state index is 0.00227. The van der Waals surface area contributed by atoms with Gasteiger partial charge in [-0.05, 0) is 43.9 Å². The highest BCUT2D eigenvalue weighted by Crippen LogP contribution is 2.41. The number of ketones is 1. The van der Waals surface area contributed by atoms with Gasteiger partial charge in [-0.3, -0.25) is 4.79 Å². The summed E-state index contributed by atoms with van der Waals surface area (Å²) in [5, 5.41) is 13.8. The number of hydrogen-bond donors (Lipinski definition) is 2. The summed E-state index contributed by atoms with van der Waals surface area (Å²) in [4.78, 5) is 11.4. The number of aliphatic hydroxyl groups is 1. The van der Waals surface area contributed by atoms with Crippen LogP contribution in [0.3, 0.4) is 0 Å². The maximum Gasteiger partial charge on any atom is 0.159 e. The van der Waals surface area contributed by atoms with Crippen LogP contribution in [0.25, 0.3) is 0 Å². The van der Waals surface area contributed by atoms with E-state index in [2.05, 4.69) is 29.6 Å². The largest absolute Gasteiger partial charge is 0.491 e. The lowest BCUT2D eigenvalue weighted by molar-refractivity contribution is 0.0817. The van der Waals surface area contributed by atoms with Crippen LogP contribution in [0.1, 0.15) is 42.1 Å². The van der Waals surface area contributed by atoms with Gasteiger partial charge in [-0.1, -0.05) is 42.5 Å². The molecular weight excluding hydrogens is 314 g/mol. The molecule has 0 aromatic heterocycles. The Balaban J connectivity index is 1.52. The number of Topliss-reactive ketones (excluding diaryl/α,β-unsaturated/α-hetero) is 1. The number of ether oxygens (including phenoxy) is 1. The van der Waals surface area contributed by atoms with Crippen LogP contribution in [-0.2, 0) is 5.54 Å². The SMILES string of the molecule is CC(=O)c1cccc(OCC(O)CNC2(c3ccccc3)CCC2)c1. The minimum Gasteiger partial charge on any atom is -0.491 e. The van der Waals surface area contributed by atoms with E-state index < -0.39 is 6.10 Å². The first-order valence-corrected chi connectivity index (χ1v) is 8.81. The standard InChI is InChI=1S/C21H25NO3/c1-16(23)17-7-5-10-20(13-17)25-15-19(24)14-22-21(11-6-12-21)18-8-3-2-4-9-18/h2-5,7-10,13,19,22,24H,6,11-12,14-15H2,1H3. The molecule has 1 saturated carbocycles. The van der Waals surface area contributed by atoms with E-state index in [9.17, 15) is 9.90 Å². The maximum atomic E-state index is 11.4. The van der Waals surface area contributed by atoms with E-state index >= 15 is 0 Å². The quantitative estimate of drug-likeness (QED) is 0.725. The van der Waals surface area contributed by atoms with Gasteiger partial charge >= 0.3 is 0 Å². The first-order valence-electron chi connectivity index (χ1n) is 8.81. The molecule has 0 heterocycles. The van der Waals surface area contributed by atoms with Crippen molar-refractivity contribution in [3.63, 3.8) is 0 Å². The monoisotopic (exact) mass is 339 g/mol. The van der Waals surface area contributed by atoms with Crippen molar-refractivity contribution in [2.24, 2.45) is 0 Å². The first-order chi connectivity index (χ1) is 12.1. The zero-order valence-corrected chi connectivity index (χ0v) is 14.6. The Morgan fingerprint density at radius 1 is 1.20 bits per heavy atom. The smallest absolute Gasteiger partial charge is 0.159 e. The van der Waals surface area contributed by atoms with Crippen LogP contribution in [0.15, 0.2) is 54.6 Å². The highest BCUT2D eigenvalue weighted by atomic mass is 16.5. The number of hydrogen-bond acceptors (Lipinski definition) is 4. The summed E-state index contributed by atoms with van der Waals surface area (Å²) in [6.45, 7) is 2.19. The fraction of sp³-hybridized carbons (Fsp3) is 0.381. The number of nitrogens with one attached hydrogen (secondary N) is 1. The molecule has 1 aliphatic carbocycles. The zero-order chi connectivity index (χ0) is 17.7. The van der Waals surface area contributed by atoms with E-state index in [0.717, 1.165) is 12.8 Å². The second-order valence-corrected chi connectivity index (χ2v) is 6.73. The summed E-state index contributed by atoms with van der Waals surface area (Å²) < 4.78 is 5.64. The third kappa shape index (κ3) is 4.27.